The van der Waals surface area contributed by atoms with Gasteiger partial charge in [0, 0.05) is 54.6 Å². The van der Waals surface area contributed by atoms with Crippen molar-refractivity contribution >= 4 is 46.6 Å². The average Bonchev–Trinajstić information content (AvgIpc) is 3.95. The van der Waals surface area contributed by atoms with Crippen LogP contribution in [0.2, 0.25) is 5.02 Å². The van der Waals surface area contributed by atoms with Gasteiger partial charge in [-0.3, -0.25) is 19.2 Å². The van der Waals surface area contributed by atoms with Gasteiger partial charge in [0.15, 0.2) is 5.69 Å². The maximum atomic E-state index is 14.0. The molecule has 4 aromatic rings. The molecule has 1 saturated carbocycles. The van der Waals surface area contributed by atoms with E-state index in [1.807, 2.05) is 69.3 Å². The third-order valence-corrected chi connectivity index (χ3v) is 14.2. The summed E-state index contributed by atoms with van der Waals surface area (Å²) >= 11 is 7.62. The van der Waals surface area contributed by atoms with E-state index in [0.717, 1.165) is 53.7 Å². The molecule has 2 fully saturated rings. The Kier molecular flexibility index (Phi) is 16.7. The molecule has 0 spiro atoms. The third-order valence-electron chi connectivity index (χ3n) is 13.0. The SMILES string of the molecule is CC1(C)C(NC(=O)c2ccc(CCCCCCOCC(=O)N[C@H](C(=O)N3C[C@H](O)C[C@H]3C(=O)NCc3ccc(-c4scnc4C#N)cc3)C(C)(C)C)cc2)C(C)(C)C1Oc1ccc(C#N)c(Cl)c1. The fraction of sp³-hybridized carbons (Fsp3) is 0.481. The van der Waals surface area contributed by atoms with Gasteiger partial charge >= 0.3 is 0 Å². The minimum absolute atomic E-state index is 0.0287. The number of unbranched alkanes of at least 4 members (excludes halogenated alkanes) is 3. The summed E-state index contributed by atoms with van der Waals surface area (Å²) in [6, 6.07) is 22.3. The first-order valence-corrected chi connectivity index (χ1v) is 24.3. The lowest BCUT2D eigenvalue weighted by molar-refractivity contribution is -0.164. The van der Waals surface area contributed by atoms with Gasteiger partial charge in [-0.1, -0.05) is 109 Å². The number of β-amino-alcohol motifs (C(OH)–C–C–N with tert-alkyl or cyclic N) is 1. The molecule has 68 heavy (non-hydrogen) atoms. The number of aliphatic hydroxyl groups excluding tert-OH is 1. The standard InChI is InChI=1S/C52H62ClN7O7S/c1-50(2,3)44(47(65)60-29-37(61)24-41(60)46(64)56-28-33-15-17-34(18-16-33)43-40(27-55)57-31-68-43)58-42(62)30-66-23-11-9-8-10-12-32-13-19-35(20-14-32)45(63)59-48-51(4,5)49(52(48,6)7)67-38-22-21-36(26-54)39(53)25-38/h13-22,25,31,37,41,44,48-49,61H,8-12,23-24,28-30H2,1-7H3,(H,56,64)(H,58,62)(H,59,63)/t37-,41+,44-,48?,49?/m1/s1. The summed E-state index contributed by atoms with van der Waals surface area (Å²) in [5, 5.41) is 38.4. The van der Waals surface area contributed by atoms with E-state index < -0.39 is 41.3 Å². The van der Waals surface area contributed by atoms with Crippen LogP contribution in [0.1, 0.15) is 113 Å². The van der Waals surface area contributed by atoms with Crippen LogP contribution in [0.3, 0.4) is 0 Å². The second-order valence-electron chi connectivity index (χ2n) is 20.0. The Morgan fingerprint density at radius 2 is 1.62 bits per heavy atom. The average molecular weight is 965 g/mol. The number of ether oxygens (including phenoxy) is 2. The van der Waals surface area contributed by atoms with Crippen molar-refractivity contribution in [2.45, 2.75) is 124 Å². The molecule has 360 valence electrons. The summed E-state index contributed by atoms with van der Waals surface area (Å²) in [5.74, 6) is -0.847. The molecule has 4 N–H and O–H groups in total. The monoisotopic (exact) mass is 963 g/mol. The zero-order valence-electron chi connectivity index (χ0n) is 39.9. The Morgan fingerprint density at radius 3 is 2.26 bits per heavy atom. The predicted molar refractivity (Wildman–Crippen MR) is 260 cm³/mol. The van der Waals surface area contributed by atoms with Crippen LogP contribution < -0.4 is 20.7 Å². The number of benzene rings is 3. The van der Waals surface area contributed by atoms with E-state index in [-0.39, 0.29) is 55.0 Å². The lowest BCUT2D eigenvalue weighted by Gasteiger charge is -2.63. The predicted octanol–water partition coefficient (Wildman–Crippen LogP) is 7.75. The molecule has 1 saturated heterocycles. The highest BCUT2D eigenvalue weighted by Crippen LogP contribution is 2.55. The number of hydrogen-bond donors (Lipinski definition) is 4. The van der Waals surface area contributed by atoms with E-state index in [1.54, 1.807) is 23.7 Å². The number of carbonyl (C=O) groups is 4. The van der Waals surface area contributed by atoms with Crippen LogP contribution in [0.5, 0.6) is 5.75 Å². The van der Waals surface area contributed by atoms with E-state index in [0.29, 0.717) is 34.2 Å². The molecular formula is C52H62ClN7O7S. The second-order valence-corrected chi connectivity index (χ2v) is 21.3. The molecule has 1 aliphatic heterocycles. The van der Waals surface area contributed by atoms with Crippen molar-refractivity contribution in [2.24, 2.45) is 16.2 Å². The number of carbonyl (C=O) groups excluding carboxylic acids is 4. The minimum atomic E-state index is -0.960. The molecule has 6 rings (SSSR count). The molecule has 0 unspecified atom stereocenters. The van der Waals surface area contributed by atoms with Crippen LogP contribution in [0.4, 0.5) is 0 Å². The van der Waals surface area contributed by atoms with E-state index in [2.05, 4.69) is 60.8 Å². The molecule has 14 nitrogen and oxygen atoms in total. The van der Waals surface area contributed by atoms with Crippen molar-refractivity contribution in [1.29, 1.82) is 10.5 Å². The second kappa shape index (κ2) is 22.1. The zero-order chi connectivity index (χ0) is 49.4. The van der Waals surface area contributed by atoms with Gasteiger partial charge in [0.25, 0.3) is 5.91 Å². The van der Waals surface area contributed by atoms with Crippen LogP contribution in [0.15, 0.2) is 72.2 Å². The van der Waals surface area contributed by atoms with Crippen LogP contribution in [-0.2, 0) is 32.1 Å². The van der Waals surface area contributed by atoms with Gasteiger partial charge in [0.1, 0.15) is 42.7 Å². The number of hydrogen-bond acceptors (Lipinski definition) is 11. The molecule has 1 aromatic heterocycles. The molecule has 4 amide bonds. The van der Waals surface area contributed by atoms with Gasteiger partial charge in [-0.05, 0) is 65.6 Å². The number of amides is 4. The van der Waals surface area contributed by atoms with Crippen LogP contribution in [0.25, 0.3) is 10.4 Å². The number of aryl methyl sites for hydroxylation is 1. The number of nitrogens with one attached hydrogen (secondary N) is 3. The summed E-state index contributed by atoms with van der Waals surface area (Å²) in [5.41, 5.74) is 4.33. The minimum Gasteiger partial charge on any atom is -0.489 e. The first kappa shape index (κ1) is 51.5. The van der Waals surface area contributed by atoms with Crippen LogP contribution >= 0.6 is 22.9 Å². The number of thiazole rings is 1. The Labute approximate surface area is 408 Å². The summed E-state index contributed by atoms with van der Waals surface area (Å²) in [6.45, 7) is 14.1. The molecule has 16 heteroatoms. The maximum Gasteiger partial charge on any atom is 0.251 e. The lowest BCUT2D eigenvalue weighted by Crippen LogP contribution is -2.74. The number of halogens is 1. The van der Waals surface area contributed by atoms with Gasteiger partial charge in [0.2, 0.25) is 17.7 Å². The van der Waals surface area contributed by atoms with Gasteiger partial charge in [-0.15, -0.1) is 11.3 Å². The Balaban J connectivity index is 0.880. The van der Waals surface area contributed by atoms with Crippen molar-refractivity contribution in [3.63, 3.8) is 0 Å². The van der Waals surface area contributed by atoms with Crippen molar-refractivity contribution in [2.75, 3.05) is 19.8 Å². The highest BCUT2D eigenvalue weighted by atomic mass is 35.5. The molecule has 0 bridgehead atoms. The molecule has 3 aromatic carbocycles. The fourth-order valence-corrected chi connectivity index (χ4v) is 10.6. The fourth-order valence-electron chi connectivity index (χ4n) is 9.62. The number of aromatic nitrogens is 1. The van der Waals surface area contributed by atoms with Gasteiger partial charge in [-0.2, -0.15) is 10.5 Å². The zero-order valence-corrected chi connectivity index (χ0v) is 41.4. The summed E-state index contributed by atoms with van der Waals surface area (Å²) in [7, 11) is 0. The first-order valence-electron chi connectivity index (χ1n) is 23.1. The Hall–Kier alpha value is -5.84. The van der Waals surface area contributed by atoms with E-state index in [4.69, 9.17) is 21.1 Å². The summed E-state index contributed by atoms with van der Waals surface area (Å²) in [6.07, 6.45) is 3.43. The highest BCUT2D eigenvalue weighted by molar-refractivity contribution is 7.13. The largest absolute Gasteiger partial charge is 0.489 e. The smallest absolute Gasteiger partial charge is 0.251 e. The molecular weight excluding hydrogens is 902 g/mol. The van der Waals surface area contributed by atoms with Crippen molar-refractivity contribution in [3.05, 3.63) is 105 Å². The van der Waals surface area contributed by atoms with Crippen molar-refractivity contribution in [3.8, 4) is 28.3 Å². The number of nitriles is 2. The number of nitrogens with zero attached hydrogens (tertiary/aromatic N) is 4. The normalized spacial score (nSPS) is 19.7. The summed E-state index contributed by atoms with van der Waals surface area (Å²) in [4.78, 5) is 60.1. The third kappa shape index (κ3) is 12.2. The molecule has 3 atom stereocenters. The molecule has 2 heterocycles. The topological polar surface area (TPSA) is 207 Å². The Morgan fingerprint density at radius 1 is 0.941 bits per heavy atom. The molecule has 2 aliphatic rings. The van der Waals surface area contributed by atoms with Gasteiger partial charge in [-0.25, -0.2) is 4.98 Å². The van der Waals surface area contributed by atoms with Crippen molar-refractivity contribution in [1.82, 2.24) is 25.8 Å². The van der Waals surface area contributed by atoms with Crippen molar-refractivity contribution < 1.29 is 33.8 Å². The highest BCUT2D eigenvalue weighted by Gasteiger charge is 2.64. The molecule has 1 aliphatic carbocycles. The molecule has 0 radical (unpaired) electrons. The first-order chi connectivity index (χ1) is 32.2. The maximum absolute atomic E-state index is 14.0. The van der Waals surface area contributed by atoms with E-state index in [9.17, 15) is 34.8 Å². The van der Waals surface area contributed by atoms with Crippen LogP contribution in [-0.4, -0.2) is 88.7 Å². The number of aliphatic hydroxyl groups is 1. The number of rotatable bonds is 19. The Bertz CT molecular complexity index is 2510. The van der Waals surface area contributed by atoms with Gasteiger partial charge in [0.05, 0.1) is 27.1 Å². The quantitative estimate of drug-likeness (QED) is 0.0673. The summed E-state index contributed by atoms with van der Waals surface area (Å²) < 4.78 is 12.1. The van der Waals surface area contributed by atoms with E-state index >= 15 is 0 Å². The number of likely N-dealkylation sites (tertiary alicyclic amines) is 1. The lowest BCUT2D eigenvalue weighted by atomic mass is 9.49. The van der Waals surface area contributed by atoms with Gasteiger partial charge < -0.3 is 35.4 Å². The van der Waals surface area contributed by atoms with Crippen LogP contribution in [0, 0.1) is 38.9 Å². The van der Waals surface area contributed by atoms with E-state index in [1.165, 1.54) is 16.2 Å².